The number of rotatable bonds is 1. The van der Waals surface area contributed by atoms with Crippen molar-refractivity contribution < 1.29 is 32.3 Å². The molecule has 0 aliphatic carbocycles. The molecule has 0 unspecified atom stereocenters. The van der Waals surface area contributed by atoms with Crippen LogP contribution in [0.5, 0.6) is 0 Å². The summed E-state index contributed by atoms with van der Waals surface area (Å²) >= 11 is 0. The second-order valence-corrected chi connectivity index (χ2v) is 2.92. The van der Waals surface area contributed by atoms with E-state index in [2.05, 4.69) is 4.74 Å². The summed E-state index contributed by atoms with van der Waals surface area (Å²) in [4.78, 5) is 31.7. The van der Waals surface area contributed by atoms with Gasteiger partial charge in [-0.1, -0.05) is 0 Å². The molecule has 0 atom stereocenters. The fraction of sp³-hybridized carbons (Fsp3) is 0.571. The molecular formula is C7H6F3NO4. The predicted octanol–water partition coefficient (Wildman–Crippen LogP) is -0.103. The minimum Gasteiger partial charge on any atom is -0.393 e. The van der Waals surface area contributed by atoms with Crippen LogP contribution in [0, 0.1) is 0 Å². The van der Waals surface area contributed by atoms with Gasteiger partial charge in [0.2, 0.25) is 0 Å². The lowest BCUT2D eigenvalue weighted by atomic mass is 10.1. The maximum atomic E-state index is 11.8. The molecule has 1 rings (SSSR count). The van der Waals surface area contributed by atoms with Crippen LogP contribution >= 0.6 is 0 Å². The maximum Gasteiger partial charge on any atom is 0.471 e. The van der Waals surface area contributed by atoms with Gasteiger partial charge < -0.3 is 10.1 Å². The number of alkyl halides is 3. The van der Waals surface area contributed by atoms with Crippen LogP contribution in [-0.4, -0.2) is 30.1 Å². The molecule has 0 spiro atoms. The standard InChI is InChI=1S/C7H6F3NO4/c8-7(9,10)6(14)11-3-1-4(12)15-5(13)2-3/h3H,1-2H2,(H,11,14). The number of cyclic esters (lactones) is 2. The third-order valence-electron chi connectivity index (χ3n) is 1.65. The zero-order valence-corrected chi connectivity index (χ0v) is 7.26. The zero-order valence-electron chi connectivity index (χ0n) is 7.26. The van der Waals surface area contributed by atoms with Crippen LogP contribution in [0.25, 0.3) is 0 Å². The molecule has 0 saturated carbocycles. The van der Waals surface area contributed by atoms with Crippen molar-refractivity contribution in [2.75, 3.05) is 0 Å². The molecule has 1 fully saturated rings. The van der Waals surface area contributed by atoms with E-state index in [0.29, 0.717) is 0 Å². The first kappa shape index (κ1) is 11.5. The van der Waals surface area contributed by atoms with E-state index in [1.807, 2.05) is 0 Å². The first-order valence-corrected chi connectivity index (χ1v) is 3.90. The zero-order chi connectivity index (χ0) is 11.6. The molecule has 1 aliphatic heterocycles. The van der Waals surface area contributed by atoms with Crippen molar-refractivity contribution in [2.45, 2.75) is 25.1 Å². The summed E-state index contributed by atoms with van der Waals surface area (Å²) in [7, 11) is 0. The topological polar surface area (TPSA) is 72.5 Å². The highest BCUT2D eigenvalue weighted by Gasteiger charge is 2.41. The highest BCUT2D eigenvalue weighted by molar-refractivity contribution is 5.90. The van der Waals surface area contributed by atoms with Crippen molar-refractivity contribution in [3.63, 3.8) is 0 Å². The molecule has 0 aromatic heterocycles. The lowest BCUT2D eigenvalue weighted by molar-refractivity contribution is -0.176. The largest absolute Gasteiger partial charge is 0.471 e. The molecule has 0 aromatic rings. The van der Waals surface area contributed by atoms with Gasteiger partial charge in [-0.15, -0.1) is 0 Å². The number of nitrogens with one attached hydrogen (secondary N) is 1. The van der Waals surface area contributed by atoms with E-state index in [0.717, 1.165) is 0 Å². The van der Waals surface area contributed by atoms with Gasteiger partial charge in [0.25, 0.3) is 0 Å². The minimum atomic E-state index is -5.02. The fourth-order valence-corrected chi connectivity index (χ4v) is 1.05. The Balaban J connectivity index is 2.55. The summed E-state index contributed by atoms with van der Waals surface area (Å²) < 4.78 is 39.4. The molecule has 15 heavy (non-hydrogen) atoms. The molecule has 0 bridgehead atoms. The van der Waals surface area contributed by atoms with E-state index in [1.54, 1.807) is 0 Å². The van der Waals surface area contributed by atoms with E-state index in [-0.39, 0.29) is 0 Å². The van der Waals surface area contributed by atoms with Crippen LogP contribution in [0.4, 0.5) is 13.2 Å². The minimum absolute atomic E-state index is 0.437. The summed E-state index contributed by atoms with van der Waals surface area (Å²) in [5.74, 6) is -4.06. The summed E-state index contributed by atoms with van der Waals surface area (Å²) in [5.41, 5.74) is 0. The Morgan fingerprint density at radius 3 is 2.13 bits per heavy atom. The molecule has 0 radical (unpaired) electrons. The summed E-state index contributed by atoms with van der Waals surface area (Å²) in [5, 5.41) is 1.53. The Hall–Kier alpha value is -1.60. The number of hydrogen-bond donors (Lipinski definition) is 1. The molecule has 84 valence electrons. The monoisotopic (exact) mass is 225 g/mol. The first-order chi connectivity index (χ1) is 6.79. The number of carbonyl (C=O) groups excluding carboxylic acids is 3. The van der Waals surface area contributed by atoms with E-state index in [4.69, 9.17) is 0 Å². The molecule has 1 aliphatic rings. The van der Waals surface area contributed by atoms with E-state index < -0.39 is 42.9 Å². The molecule has 1 saturated heterocycles. The Kier molecular flexibility index (Phi) is 2.96. The van der Waals surface area contributed by atoms with Crippen LogP contribution in [0.1, 0.15) is 12.8 Å². The summed E-state index contributed by atoms with van der Waals surface area (Å²) in [6.07, 6.45) is -5.90. The Morgan fingerprint density at radius 2 is 1.73 bits per heavy atom. The number of amides is 1. The van der Waals surface area contributed by atoms with E-state index in [1.165, 1.54) is 5.32 Å². The van der Waals surface area contributed by atoms with Crippen LogP contribution in [0.3, 0.4) is 0 Å². The number of ether oxygens (including phenoxy) is 1. The van der Waals surface area contributed by atoms with Crippen molar-refractivity contribution in [3.8, 4) is 0 Å². The van der Waals surface area contributed by atoms with E-state index >= 15 is 0 Å². The molecule has 0 aromatic carbocycles. The van der Waals surface area contributed by atoms with Gasteiger partial charge in [0.15, 0.2) is 0 Å². The maximum absolute atomic E-state index is 11.8. The van der Waals surface area contributed by atoms with Crippen molar-refractivity contribution in [2.24, 2.45) is 0 Å². The fourth-order valence-electron chi connectivity index (χ4n) is 1.05. The lowest BCUT2D eigenvalue weighted by Crippen LogP contribution is -2.47. The smallest absolute Gasteiger partial charge is 0.393 e. The van der Waals surface area contributed by atoms with Gasteiger partial charge in [-0.2, -0.15) is 13.2 Å². The summed E-state index contributed by atoms with van der Waals surface area (Å²) in [6, 6.07) is -1.15. The molecule has 5 nitrogen and oxygen atoms in total. The highest BCUT2D eigenvalue weighted by Crippen LogP contribution is 2.17. The van der Waals surface area contributed by atoms with Crippen LogP contribution in [-0.2, 0) is 19.1 Å². The Labute approximate surface area is 81.6 Å². The second kappa shape index (κ2) is 3.87. The molecule has 1 amide bonds. The van der Waals surface area contributed by atoms with Gasteiger partial charge in [-0.3, -0.25) is 14.4 Å². The number of hydrogen-bond acceptors (Lipinski definition) is 4. The average molecular weight is 225 g/mol. The molecule has 1 heterocycles. The van der Waals surface area contributed by atoms with Crippen LogP contribution < -0.4 is 5.32 Å². The SMILES string of the molecule is O=C1CC(NC(=O)C(F)(F)F)CC(=O)O1. The van der Waals surface area contributed by atoms with Gasteiger partial charge in [0.05, 0.1) is 18.9 Å². The van der Waals surface area contributed by atoms with Crippen LogP contribution in [0.2, 0.25) is 0 Å². The molecule has 1 N–H and O–H groups in total. The third-order valence-corrected chi connectivity index (χ3v) is 1.65. The Morgan fingerprint density at radius 1 is 1.27 bits per heavy atom. The molecular weight excluding hydrogens is 219 g/mol. The van der Waals surface area contributed by atoms with Gasteiger partial charge in [-0.25, -0.2) is 0 Å². The van der Waals surface area contributed by atoms with Gasteiger partial charge >= 0.3 is 24.0 Å². The average Bonchev–Trinajstić information content (AvgIpc) is 1.99. The van der Waals surface area contributed by atoms with Crippen molar-refractivity contribution in [1.29, 1.82) is 0 Å². The normalized spacial score (nSPS) is 18.6. The number of halogens is 3. The quantitative estimate of drug-likeness (QED) is 0.499. The number of esters is 2. The lowest BCUT2D eigenvalue weighted by Gasteiger charge is -2.21. The van der Waals surface area contributed by atoms with Crippen molar-refractivity contribution in [3.05, 3.63) is 0 Å². The van der Waals surface area contributed by atoms with Crippen molar-refractivity contribution >= 4 is 17.8 Å². The summed E-state index contributed by atoms with van der Waals surface area (Å²) in [6.45, 7) is 0. The van der Waals surface area contributed by atoms with E-state index in [9.17, 15) is 27.6 Å². The van der Waals surface area contributed by atoms with Gasteiger partial charge in [0.1, 0.15) is 0 Å². The number of carbonyl (C=O) groups is 3. The first-order valence-electron chi connectivity index (χ1n) is 3.90. The third kappa shape index (κ3) is 3.22. The second-order valence-electron chi connectivity index (χ2n) is 2.92. The molecule has 8 heteroatoms. The predicted molar refractivity (Wildman–Crippen MR) is 38.3 cm³/mol. The van der Waals surface area contributed by atoms with Crippen LogP contribution in [0.15, 0.2) is 0 Å². The van der Waals surface area contributed by atoms with Gasteiger partial charge in [-0.05, 0) is 0 Å². The highest BCUT2D eigenvalue weighted by atomic mass is 19.4. The van der Waals surface area contributed by atoms with Gasteiger partial charge in [0, 0.05) is 0 Å². The van der Waals surface area contributed by atoms with Crippen molar-refractivity contribution in [1.82, 2.24) is 5.32 Å². The Bertz CT molecular complexity index is 296.